The molecule has 3 N–H and O–H groups in total. The fraction of sp³-hybridized carbons (Fsp3) is 0.467. The predicted molar refractivity (Wildman–Crippen MR) is 149 cm³/mol. The number of para-hydroxylation sites is 1. The van der Waals surface area contributed by atoms with Gasteiger partial charge in [0.1, 0.15) is 5.00 Å². The third-order valence-electron chi connectivity index (χ3n) is 8.66. The summed E-state index contributed by atoms with van der Waals surface area (Å²) in [7, 11) is 0. The lowest BCUT2D eigenvalue weighted by atomic mass is 9.48. The number of hydrogen-bond acceptors (Lipinski definition) is 6. The number of amides is 2. The van der Waals surface area contributed by atoms with Gasteiger partial charge >= 0.3 is 5.97 Å². The minimum Gasteiger partial charge on any atom is -0.459 e. The summed E-state index contributed by atoms with van der Waals surface area (Å²) in [6.07, 6.45) is 8.47. The van der Waals surface area contributed by atoms with E-state index in [0.717, 1.165) is 42.0 Å². The van der Waals surface area contributed by atoms with Gasteiger partial charge in [0.15, 0.2) is 0 Å². The van der Waals surface area contributed by atoms with Crippen molar-refractivity contribution in [3.05, 3.63) is 63.8 Å². The third-order valence-corrected chi connectivity index (χ3v) is 9.89. The van der Waals surface area contributed by atoms with E-state index in [0.29, 0.717) is 28.9 Å². The number of benzene rings is 1. The van der Waals surface area contributed by atoms with E-state index in [4.69, 9.17) is 15.6 Å². The van der Waals surface area contributed by atoms with Gasteiger partial charge in [0, 0.05) is 11.6 Å². The van der Waals surface area contributed by atoms with Crippen molar-refractivity contribution >= 4 is 34.1 Å². The molecule has 204 valence electrons. The molecule has 4 aliphatic rings. The molecule has 1 aromatic carbocycles. The van der Waals surface area contributed by atoms with Gasteiger partial charge in [-0.3, -0.25) is 9.59 Å². The Labute approximate surface area is 231 Å². The van der Waals surface area contributed by atoms with Crippen LogP contribution in [0.15, 0.2) is 36.5 Å². The van der Waals surface area contributed by atoms with Crippen molar-refractivity contribution in [2.24, 2.45) is 23.5 Å². The maximum atomic E-state index is 14.0. The molecular formula is C30H34N4O4S. The van der Waals surface area contributed by atoms with Crippen molar-refractivity contribution in [3.63, 3.8) is 0 Å². The average Bonchev–Trinajstić information content (AvgIpc) is 3.46. The second-order valence-electron chi connectivity index (χ2n) is 11.9. The van der Waals surface area contributed by atoms with Crippen molar-refractivity contribution in [2.75, 3.05) is 5.32 Å². The summed E-state index contributed by atoms with van der Waals surface area (Å²) in [5.41, 5.74) is 8.29. The molecule has 0 aliphatic heterocycles. The van der Waals surface area contributed by atoms with Crippen LogP contribution in [0.2, 0.25) is 0 Å². The Morgan fingerprint density at radius 3 is 2.26 bits per heavy atom. The summed E-state index contributed by atoms with van der Waals surface area (Å²) in [6.45, 7) is 5.16. The molecule has 4 saturated carbocycles. The number of rotatable bonds is 7. The smallest absolute Gasteiger partial charge is 0.341 e. The van der Waals surface area contributed by atoms with Gasteiger partial charge in [-0.1, -0.05) is 18.2 Å². The standard InChI is InChI=1S/C30H34N4O4S/c1-16(2)38-29(37)23-17(3)24(26(31)35)39-28(23)32-27(36)22-15-34(21-7-5-4-6-8-21)33-25(22)30-12-18-9-19(13-30)11-20(10-18)14-30/h4-8,15-16,18-20H,9-14H2,1-3H3,(H2,31,35)(H,32,36). The van der Waals surface area contributed by atoms with E-state index >= 15 is 0 Å². The van der Waals surface area contributed by atoms with Gasteiger partial charge in [-0.25, -0.2) is 9.48 Å². The molecule has 2 amide bonds. The molecule has 4 aliphatic carbocycles. The molecule has 4 bridgehead atoms. The molecule has 0 radical (unpaired) electrons. The Morgan fingerprint density at radius 1 is 1.08 bits per heavy atom. The van der Waals surface area contributed by atoms with Crippen LogP contribution in [0.4, 0.5) is 5.00 Å². The Morgan fingerprint density at radius 2 is 1.69 bits per heavy atom. The molecular weight excluding hydrogens is 512 g/mol. The van der Waals surface area contributed by atoms with Crippen LogP contribution in [-0.4, -0.2) is 33.7 Å². The number of carbonyl (C=O) groups excluding carboxylic acids is 3. The third kappa shape index (κ3) is 4.56. The van der Waals surface area contributed by atoms with E-state index in [1.807, 2.05) is 30.3 Å². The average molecular weight is 547 g/mol. The van der Waals surface area contributed by atoms with Crippen molar-refractivity contribution in [1.82, 2.24) is 9.78 Å². The lowest BCUT2D eigenvalue weighted by Crippen LogP contribution is -2.49. The normalized spacial score (nSPS) is 25.2. The number of nitrogens with one attached hydrogen (secondary N) is 1. The molecule has 39 heavy (non-hydrogen) atoms. The number of nitrogens with zero attached hydrogens (tertiary/aromatic N) is 2. The molecule has 8 nitrogen and oxygen atoms in total. The zero-order valence-corrected chi connectivity index (χ0v) is 23.3. The quantitative estimate of drug-likeness (QED) is 0.373. The first kappa shape index (κ1) is 25.8. The molecule has 2 aromatic heterocycles. The lowest BCUT2D eigenvalue weighted by Gasteiger charge is -2.56. The first-order chi connectivity index (χ1) is 18.6. The Bertz CT molecular complexity index is 1420. The fourth-order valence-corrected chi connectivity index (χ4v) is 8.61. The van der Waals surface area contributed by atoms with Crippen molar-refractivity contribution < 1.29 is 19.1 Å². The highest BCUT2D eigenvalue weighted by atomic mass is 32.1. The lowest BCUT2D eigenvalue weighted by molar-refractivity contribution is -0.00765. The number of thiophene rings is 1. The van der Waals surface area contributed by atoms with Gasteiger partial charge < -0.3 is 15.8 Å². The fourth-order valence-electron chi connectivity index (χ4n) is 7.57. The van der Waals surface area contributed by atoms with Crippen LogP contribution in [0.1, 0.15) is 94.0 Å². The maximum Gasteiger partial charge on any atom is 0.341 e. The first-order valence-corrected chi connectivity index (χ1v) is 14.6. The van der Waals surface area contributed by atoms with Gasteiger partial charge in [0.25, 0.3) is 11.8 Å². The van der Waals surface area contributed by atoms with Crippen molar-refractivity contribution in [3.8, 4) is 5.69 Å². The van der Waals surface area contributed by atoms with E-state index in [2.05, 4.69) is 5.32 Å². The number of aromatic nitrogens is 2. The van der Waals surface area contributed by atoms with Gasteiger partial charge in [-0.05, 0) is 94.7 Å². The molecule has 3 aromatic rings. The highest BCUT2D eigenvalue weighted by Gasteiger charge is 2.54. The van der Waals surface area contributed by atoms with Crippen LogP contribution < -0.4 is 11.1 Å². The molecule has 9 heteroatoms. The molecule has 7 rings (SSSR count). The zero-order valence-electron chi connectivity index (χ0n) is 22.5. The van der Waals surface area contributed by atoms with E-state index in [9.17, 15) is 14.4 Å². The minimum atomic E-state index is -0.650. The number of nitrogens with two attached hydrogens (primary N) is 1. The summed E-state index contributed by atoms with van der Waals surface area (Å²) >= 11 is 1.01. The van der Waals surface area contributed by atoms with E-state index in [1.54, 1.807) is 31.6 Å². The van der Waals surface area contributed by atoms with Crippen LogP contribution in [-0.2, 0) is 10.2 Å². The number of carbonyl (C=O) groups is 3. The minimum absolute atomic E-state index is 0.120. The molecule has 0 unspecified atom stereocenters. The summed E-state index contributed by atoms with van der Waals surface area (Å²) in [5, 5.41) is 8.29. The number of ether oxygens (including phenoxy) is 1. The second-order valence-corrected chi connectivity index (χ2v) is 12.9. The largest absolute Gasteiger partial charge is 0.459 e. The van der Waals surface area contributed by atoms with Crippen molar-refractivity contribution in [1.29, 1.82) is 0 Å². The highest BCUT2D eigenvalue weighted by molar-refractivity contribution is 7.18. The Kier molecular flexibility index (Phi) is 6.37. The van der Waals surface area contributed by atoms with Gasteiger partial charge in [-0.2, -0.15) is 5.10 Å². The molecule has 0 saturated heterocycles. The SMILES string of the molecule is Cc1c(C(N)=O)sc(NC(=O)c2cn(-c3ccccc3)nc2C23CC4CC(CC(C4)C2)C3)c1C(=O)OC(C)C. The zero-order chi connectivity index (χ0) is 27.5. The summed E-state index contributed by atoms with van der Waals surface area (Å²) in [4.78, 5) is 39.4. The number of anilines is 1. The summed E-state index contributed by atoms with van der Waals surface area (Å²) in [5.74, 6) is 0.461. The molecule has 4 fully saturated rings. The number of esters is 1. The van der Waals surface area contributed by atoms with Gasteiger partial charge in [0.2, 0.25) is 0 Å². The van der Waals surface area contributed by atoms with E-state index in [-0.39, 0.29) is 32.9 Å². The maximum absolute atomic E-state index is 14.0. The second kappa shape index (κ2) is 9.62. The van der Waals surface area contributed by atoms with Crippen LogP contribution in [0.3, 0.4) is 0 Å². The topological polar surface area (TPSA) is 116 Å². The van der Waals surface area contributed by atoms with Crippen LogP contribution in [0, 0.1) is 24.7 Å². The van der Waals surface area contributed by atoms with Gasteiger partial charge in [-0.15, -0.1) is 11.3 Å². The number of primary amides is 1. The van der Waals surface area contributed by atoms with Crippen LogP contribution >= 0.6 is 11.3 Å². The van der Waals surface area contributed by atoms with Crippen molar-refractivity contribution in [2.45, 2.75) is 70.8 Å². The van der Waals surface area contributed by atoms with E-state index < -0.39 is 11.9 Å². The molecule has 0 atom stereocenters. The van der Waals surface area contributed by atoms with Gasteiger partial charge in [0.05, 0.1) is 33.5 Å². The first-order valence-electron chi connectivity index (χ1n) is 13.7. The Balaban J connectivity index is 1.42. The molecule has 0 spiro atoms. The predicted octanol–water partition coefficient (Wildman–Crippen LogP) is 5.63. The molecule has 2 heterocycles. The van der Waals surface area contributed by atoms with E-state index in [1.165, 1.54) is 19.3 Å². The number of hydrogen-bond donors (Lipinski definition) is 2. The van der Waals surface area contributed by atoms with Crippen LogP contribution in [0.25, 0.3) is 5.69 Å². The monoisotopic (exact) mass is 546 g/mol. The summed E-state index contributed by atoms with van der Waals surface area (Å²) < 4.78 is 7.23. The van der Waals surface area contributed by atoms with Crippen LogP contribution in [0.5, 0.6) is 0 Å². The summed E-state index contributed by atoms with van der Waals surface area (Å²) in [6, 6.07) is 9.80. The highest BCUT2D eigenvalue weighted by Crippen LogP contribution is 2.61. The Hall–Kier alpha value is -3.46.